The number of hydrogen-bond acceptors (Lipinski definition) is 3. The Labute approximate surface area is 178 Å². The molecule has 2 aliphatic rings. The van der Waals surface area contributed by atoms with Crippen LogP contribution in [0.5, 0.6) is 5.75 Å². The minimum atomic E-state index is -0.0773. The molecule has 0 atom stereocenters. The van der Waals surface area contributed by atoms with E-state index in [0.717, 1.165) is 17.5 Å². The number of rotatable bonds is 6. The van der Waals surface area contributed by atoms with E-state index < -0.39 is 0 Å². The van der Waals surface area contributed by atoms with Gasteiger partial charge in [0.2, 0.25) is 5.91 Å². The highest BCUT2D eigenvalue weighted by Gasteiger charge is 2.26. The fraction of sp³-hybridized carbons (Fsp3) is 0.440. The van der Waals surface area contributed by atoms with Crippen LogP contribution >= 0.6 is 0 Å². The number of ether oxygens (including phenoxy) is 1. The lowest BCUT2D eigenvalue weighted by molar-refractivity contribution is -0.121. The third-order valence-corrected chi connectivity index (χ3v) is 6.28. The number of carbonyl (C=O) groups excluding carboxylic acids is 2. The third kappa shape index (κ3) is 4.84. The van der Waals surface area contributed by atoms with Crippen molar-refractivity contribution in [2.24, 2.45) is 5.92 Å². The van der Waals surface area contributed by atoms with Crippen molar-refractivity contribution in [1.82, 2.24) is 0 Å². The molecule has 0 spiro atoms. The lowest BCUT2D eigenvalue weighted by atomic mass is 9.86. The summed E-state index contributed by atoms with van der Waals surface area (Å²) in [4.78, 5) is 26.8. The maximum atomic E-state index is 12.6. The van der Waals surface area contributed by atoms with Gasteiger partial charge in [-0.1, -0.05) is 56.4 Å². The summed E-state index contributed by atoms with van der Waals surface area (Å²) >= 11 is 0. The molecule has 0 aromatic heterocycles. The first kappa shape index (κ1) is 20.5. The molecule has 158 valence electrons. The lowest BCUT2D eigenvalue weighted by Gasteiger charge is -2.30. The smallest absolute Gasteiger partial charge is 0.265 e. The Hall–Kier alpha value is -2.82. The Balaban J connectivity index is 1.45. The summed E-state index contributed by atoms with van der Waals surface area (Å²) in [6.07, 6.45) is 7.92. The normalized spacial score (nSPS) is 16.7. The van der Waals surface area contributed by atoms with Gasteiger partial charge < -0.3 is 15.0 Å². The highest BCUT2D eigenvalue weighted by atomic mass is 16.5. The van der Waals surface area contributed by atoms with Gasteiger partial charge in [-0.15, -0.1) is 0 Å². The van der Waals surface area contributed by atoms with Crippen LogP contribution in [0.3, 0.4) is 0 Å². The average Bonchev–Trinajstić information content (AvgIpc) is 2.76. The molecule has 2 aromatic carbocycles. The Morgan fingerprint density at radius 3 is 2.73 bits per heavy atom. The maximum absolute atomic E-state index is 12.6. The molecule has 5 heteroatoms. The number of anilines is 2. The number of amides is 2. The summed E-state index contributed by atoms with van der Waals surface area (Å²) < 4.78 is 5.62. The van der Waals surface area contributed by atoms with E-state index in [1.165, 1.54) is 32.1 Å². The van der Waals surface area contributed by atoms with Crippen molar-refractivity contribution >= 4 is 23.2 Å². The van der Waals surface area contributed by atoms with Crippen LogP contribution in [-0.4, -0.2) is 18.4 Å². The van der Waals surface area contributed by atoms with E-state index in [9.17, 15) is 9.59 Å². The molecule has 1 aliphatic heterocycles. The zero-order chi connectivity index (χ0) is 20.9. The van der Waals surface area contributed by atoms with Crippen molar-refractivity contribution in [2.45, 2.75) is 58.4 Å². The molecular formula is C25H30N2O3. The number of nitrogens with one attached hydrogen (secondary N) is 1. The van der Waals surface area contributed by atoms with Gasteiger partial charge in [0.05, 0.1) is 12.2 Å². The molecule has 0 bridgehead atoms. The average molecular weight is 407 g/mol. The minimum Gasteiger partial charge on any atom is -0.482 e. The number of nitrogens with zero attached hydrogens (tertiary/aromatic N) is 1. The molecule has 4 rings (SSSR count). The topological polar surface area (TPSA) is 58.6 Å². The summed E-state index contributed by atoms with van der Waals surface area (Å²) in [6, 6.07) is 13.6. The third-order valence-electron chi connectivity index (χ3n) is 6.28. The quantitative estimate of drug-likeness (QED) is 0.715. The van der Waals surface area contributed by atoms with Gasteiger partial charge in [0.1, 0.15) is 5.75 Å². The lowest BCUT2D eigenvalue weighted by Crippen LogP contribution is -2.38. The van der Waals surface area contributed by atoms with Crippen LogP contribution < -0.4 is 15.0 Å². The zero-order valence-electron chi connectivity index (χ0n) is 17.7. The van der Waals surface area contributed by atoms with Crippen molar-refractivity contribution in [3.63, 3.8) is 0 Å². The number of aryl methyl sites for hydroxylation is 1. The van der Waals surface area contributed by atoms with Crippen LogP contribution in [0.1, 0.15) is 56.1 Å². The van der Waals surface area contributed by atoms with Crippen LogP contribution in [-0.2, 0) is 16.1 Å². The Bertz CT molecular complexity index is 918. The van der Waals surface area contributed by atoms with E-state index in [4.69, 9.17) is 4.74 Å². The van der Waals surface area contributed by atoms with Gasteiger partial charge in [-0.3, -0.25) is 9.59 Å². The van der Waals surface area contributed by atoms with E-state index >= 15 is 0 Å². The first-order valence-corrected chi connectivity index (χ1v) is 11.0. The fourth-order valence-corrected chi connectivity index (χ4v) is 4.45. The largest absolute Gasteiger partial charge is 0.482 e. The van der Waals surface area contributed by atoms with Crippen molar-refractivity contribution in [2.75, 3.05) is 16.8 Å². The van der Waals surface area contributed by atoms with E-state index in [0.29, 0.717) is 36.0 Å². The maximum Gasteiger partial charge on any atom is 0.265 e. The molecule has 30 heavy (non-hydrogen) atoms. The molecule has 0 radical (unpaired) electrons. The van der Waals surface area contributed by atoms with Crippen molar-refractivity contribution in [3.05, 3.63) is 53.6 Å². The van der Waals surface area contributed by atoms with E-state index in [1.807, 2.05) is 49.4 Å². The highest BCUT2D eigenvalue weighted by Crippen LogP contribution is 2.36. The first-order valence-electron chi connectivity index (χ1n) is 11.0. The molecule has 2 aromatic rings. The summed E-state index contributed by atoms with van der Waals surface area (Å²) in [5.41, 5.74) is 3.65. The second kappa shape index (κ2) is 9.33. The molecule has 5 nitrogen and oxygen atoms in total. The van der Waals surface area contributed by atoms with Crippen LogP contribution in [0, 0.1) is 12.8 Å². The molecule has 1 aliphatic carbocycles. The molecule has 2 amide bonds. The van der Waals surface area contributed by atoms with Crippen LogP contribution in [0.2, 0.25) is 0 Å². The molecule has 1 fully saturated rings. The Morgan fingerprint density at radius 2 is 1.93 bits per heavy atom. The fourth-order valence-electron chi connectivity index (χ4n) is 4.45. The van der Waals surface area contributed by atoms with Gasteiger partial charge in [-0.05, 0) is 48.6 Å². The van der Waals surface area contributed by atoms with E-state index in [-0.39, 0.29) is 18.4 Å². The number of benzene rings is 2. The predicted octanol–water partition coefficient (Wildman–Crippen LogP) is 5.22. The second-order valence-corrected chi connectivity index (χ2v) is 8.47. The van der Waals surface area contributed by atoms with Crippen LogP contribution in [0.15, 0.2) is 42.5 Å². The predicted molar refractivity (Wildman–Crippen MR) is 119 cm³/mol. The molecule has 1 saturated carbocycles. The van der Waals surface area contributed by atoms with Crippen LogP contribution in [0.4, 0.5) is 11.4 Å². The molecule has 0 unspecified atom stereocenters. The first-order chi connectivity index (χ1) is 14.6. The Kier molecular flexibility index (Phi) is 6.36. The molecular weight excluding hydrogens is 376 g/mol. The number of carbonyl (C=O) groups is 2. The van der Waals surface area contributed by atoms with Gasteiger partial charge in [0.25, 0.3) is 5.91 Å². The summed E-state index contributed by atoms with van der Waals surface area (Å²) in [5, 5.41) is 3.01. The van der Waals surface area contributed by atoms with Gasteiger partial charge in [-0.2, -0.15) is 0 Å². The Morgan fingerprint density at radius 1 is 1.13 bits per heavy atom. The van der Waals surface area contributed by atoms with Gasteiger partial charge in [0.15, 0.2) is 6.61 Å². The zero-order valence-corrected chi connectivity index (χ0v) is 17.7. The summed E-state index contributed by atoms with van der Waals surface area (Å²) in [5.74, 6) is 1.31. The van der Waals surface area contributed by atoms with Crippen molar-refractivity contribution in [1.29, 1.82) is 0 Å². The van der Waals surface area contributed by atoms with Crippen LogP contribution in [0.25, 0.3) is 0 Å². The minimum absolute atomic E-state index is 0.0337. The molecule has 0 saturated heterocycles. The molecule has 1 N–H and O–H groups in total. The molecule has 1 heterocycles. The van der Waals surface area contributed by atoms with Gasteiger partial charge in [-0.25, -0.2) is 0 Å². The van der Waals surface area contributed by atoms with E-state index in [2.05, 4.69) is 5.32 Å². The standard InChI is InChI=1S/C25H30N2O3/c1-18-7-5-6-10-20(18)16-27-22-15-21(12-13-23(22)30-17-25(27)29)26-24(28)14-11-19-8-3-2-4-9-19/h5-7,10,12-13,15,19H,2-4,8-9,11,14,16-17H2,1H3,(H,26,28). The monoisotopic (exact) mass is 406 g/mol. The van der Waals surface area contributed by atoms with Crippen molar-refractivity contribution in [3.8, 4) is 5.75 Å². The summed E-state index contributed by atoms with van der Waals surface area (Å²) in [7, 11) is 0. The van der Waals surface area contributed by atoms with E-state index in [1.54, 1.807) is 4.90 Å². The second-order valence-electron chi connectivity index (χ2n) is 8.47. The summed E-state index contributed by atoms with van der Waals surface area (Å²) in [6.45, 7) is 2.57. The van der Waals surface area contributed by atoms with Gasteiger partial charge >= 0.3 is 0 Å². The number of fused-ring (bicyclic) bond motifs is 1. The number of hydrogen-bond donors (Lipinski definition) is 1. The highest BCUT2D eigenvalue weighted by molar-refractivity contribution is 5.99. The SMILES string of the molecule is Cc1ccccc1CN1C(=O)COc2ccc(NC(=O)CCC3CCCCC3)cc21. The van der Waals surface area contributed by atoms with Crippen molar-refractivity contribution < 1.29 is 14.3 Å². The van der Waals surface area contributed by atoms with Gasteiger partial charge in [0, 0.05) is 12.1 Å².